The Labute approximate surface area is 113 Å². The molecule has 0 saturated carbocycles. The van der Waals surface area contributed by atoms with E-state index in [0.29, 0.717) is 12.8 Å². The molecule has 1 aromatic rings. The highest BCUT2D eigenvalue weighted by atomic mass is 32.2. The maximum absolute atomic E-state index is 12.0. The first-order chi connectivity index (χ1) is 8.86. The molecule has 0 saturated heterocycles. The summed E-state index contributed by atoms with van der Waals surface area (Å²) in [5.41, 5.74) is 7.27. The Kier molecular flexibility index (Phi) is 5.31. The van der Waals surface area contributed by atoms with E-state index in [9.17, 15) is 8.42 Å². The minimum absolute atomic E-state index is 0.0883. The fraction of sp³-hybridized carbons (Fsp3) is 0.417. The highest BCUT2D eigenvalue weighted by Crippen LogP contribution is 2.14. The predicted octanol–water partition coefficient (Wildman–Crippen LogP) is 1.11. The second-order valence-electron chi connectivity index (χ2n) is 4.34. The molecule has 0 aliphatic heterocycles. The van der Waals surface area contributed by atoms with Crippen molar-refractivity contribution in [1.29, 1.82) is 0 Å². The van der Waals surface area contributed by atoms with Crippen LogP contribution in [0.25, 0.3) is 0 Å². The Balaban J connectivity index is 2.63. The maximum atomic E-state index is 12.0. The van der Waals surface area contributed by atoms with Crippen LogP contribution < -0.4 is 10.5 Å². The lowest BCUT2D eigenvalue weighted by atomic mass is 10.1. The minimum atomic E-state index is -3.50. The third-order valence-corrected chi connectivity index (χ3v) is 4.28. The van der Waals surface area contributed by atoms with Crippen LogP contribution in [0.3, 0.4) is 0 Å². The highest BCUT2D eigenvalue weighted by Gasteiger charge is 2.13. The van der Waals surface area contributed by atoms with Crippen molar-refractivity contribution in [3.05, 3.63) is 29.3 Å². The number of benzene rings is 1. The van der Waals surface area contributed by atoms with E-state index in [4.69, 9.17) is 10.9 Å². The van der Waals surface area contributed by atoms with Crippen LogP contribution in [0.1, 0.15) is 24.0 Å². The average molecular weight is 285 g/mol. The number of nitrogens with zero attached hydrogens (tertiary/aromatic N) is 1. The highest BCUT2D eigenvalue weighted by molar-refractivity contribution is 7.89. The standard InChI is InChI=1S/C12H19N3O3S/c1-9-5-6-11(8-10(9)2)19(17,18)14-7-3-4-12(13)15-16/h5-6,8,14,16H,3-4,7H2,1-2H3,(H2,13,15). The summed E-state index contributed by atoms with van der Waals surface area (Å²) in [5, 5.41) is 11.2. The maximum Gasteiger partial charge on any atom is 0.240 e. The van der Waals surface area contributed by atoms with Crippen molar-refractivity contribution < 1.29 is 13.6 Å². The molecule has 0 bridgehead atoms. The second kappa shape index (κ2) is 6.53. The fourth-order valence-corrected chi connectivity index (χ4v) is 2.65. The average Bonchev–Trinajstić information content (AvgIpc) is 2.37. The Morgan fingerprint density at radius 2 is 2.05 bits per heavy atom. The summed E-state index contributed by atoms with van der Waals surface area (Å²) in [6.45, 7) is 4.04. The van der Waals surface area contributed by atoms with Gasteiger partial charge >= 0.3 is 0 Å². The van der Waals surface area contributed by atoms with Gasteiger partial charge in [0.25, 0.3) is 0 Å². The number of hydrogen-bond donors (Lipinski definition) is 3. The molecule has 0 atom stereocenters. The number of rotatable bonds is 6. The number of sulfonamides is 1. The molecular formula is C12H19N3O3S. The van der Waals surface area contributed by atoms with Crippen molar-refractivity contribution in [2.45, 2.75) is 31.6 Å². The van der Waals surface area contributed by atoms with Crippen molar-refractivity contribution in [2.75, 3.05) is 6.54 Å². The lowest BCUT2D eigenvalue weighted by Gasteiger charge is -2.08. The quantitative estimate of drug-likeness (QED) is 0.239. The van der Waals surface area contributed by atoms with Gasteiger partial charge in [-0.05, 0) is 43.5 Å². The first kappa shape index (κ1) is 15.5. The summed E-state index contributed by atoms with van der Waals surface area (Å²) >= 11 is 0. The Morgan fingerprint density at radius 1 is 1.37 bits per heavy atom. The smallest absolute Gasteiger partial charge is 0.240 e. The SMILES string of the molecule is Cc1ccc(S(=O)(=O)NCCCC(N)=NO)cc1C. The number of nitrogens with two attached hydrogens (primary N) is 1. The van der Waals surface area contributed by atoms with E-state index >= 15 is 0 Å². The van der Waals surface area contributed by atoms with Crippen molar-refractivity contribution >= 4 is 15.9 Å². The topological polar surface area (TPSA) is 105 Å². The molecule has 0 spiro atoms. The molecule has 4 N–H and O–H groups in total. The molecule has 0 radical (unpaired) electrons. The van der Waals surface area contributed by atoms with E-state index in [2.05, 4.69) is 9.88 Å². The normalized spacial score (nSPS) is 12.6. The summed E-state index contributed by atoms with van der Waals surface area (Å²) < 4.78 is 26.5. The number of nitrogens with one attached hydrogen (secondary N) is 1. The van der Waals surface area contributed by atoms with Gasteiger partial charge in [-0.15, -0.1) is 0 Å². The van der Waals surface area contributed by atoms with Crippen LogP contribution in [0.15, 0.2) is 28.3 Å². The molecule has 0 heterocycles. The van der Waals surface area contributed by atoms with Gasteiger partial charge in [-0.1, -0.05) is 11.2 Å². The Hall–Kier alpha value is -1.60. The largest absolute Gasteiger partial charge is 0.409 e. The molecule has 19 heavy (non-hydrogen) atoms. The second-order valence-corrected chi connectivity index (χ2v) is 6.11. The minimum Gasteiger partial charge on any atom is -0.409 e. The third-order valence-electron chi connectivity index (χ3n) is 2.82. The fourth-order valence-electron chi connectivity index (χ4n) is 1.49. The summed E-state index contributed by atoms with van der Waals surface area (Å²) in [5.74, 6) is 0.0883. The van der Waals surface area contributed by atoms with Crippen molar-refractivity contribution in [1.82, 2.24) is 4.72 Å². The van der Waals surface area contributed by atoms with Gasteiger partial charge in [-0.3, -0.25) is 0 Å². The van der Waals surface area contributed by atoms with E-state index < -0.39 is 10.0 Å². The van der Waals surface area contributed by atoms with Crippen LogP contribution in [0.4, 0.5) is 0 Å². The van der Waals surface area contributed by atoms with Crippen LogP contribution in [-0.2, 0) is 10.0 Å². The number of aryl methyl sites for hydroxylation is 2. The molecule has 6 nitrogen and oxygen atoms in total. The molecular weight excluding hydrogens is 266 g/mol. The molecule has 0 aromatic heterocycles. The molecule has 0 unspecified atom stereocenters. The number of hydrogen-bond acceptors (Lipinski definition) is 4. The summed E-state index contributed by atoms with van der Waals surface area (Å²) in [6, 6.07) is 5.00. The van der Waals surface area contributed by atoms with Crippen LogP contribution in [-0.4, -0.2) is 26.0 Å². The van der Waals surface area contributed by atoms with Crippen molar-refractivity contribution in [3.8, 4) is 0 Å². The molecule has 0 aliphatic carbocycles. The van der Waals surface area contributed by atoms with Crippen LogP contribution in [0.2, 0.25) is 0 Å². The van der Waals surface area contributed by atoms with Crippen LogP contribution >= 0.6 is 0 Å². The van der Waals surface area contributed by atoms with Gasteiger partial charge in [0.15, 0.2) is 0 Å². The summed E-state index contributed by atoms with van der Waals surface area (Å²) in [7, 11) is -3.50. The lowest BCUT2D eigenvalue weighted by Crippen LogP contribution is -2.26. The van der Waals surface area contributed by atoms with E-state index in [0.717, 1.165) is 11.1 Å². The molecule has 0 fully saturated rings. The molecule has 106 valence electrons. The Bertz CT molecular complexity index is 568. The number of oxime groups is 1. The van der Waals surface area contributed by atoms with Gasteiger partial charge in [0.1, 0.15) is 5.84 Å². The number of amidine groups is 1. The van der Waals surface area contributed by atoms with Gasteiger partial charge in [0.2, 0.25) is 10.0 Å². The molecule has 7 heteroatoms. The first-order valence-electron chi connectivity index (χ1n) is 5.90. The van der Waals surface area contributed by atoms with Crippen LogP contribution in [0, 0.1) is 13.8 Å². The van der Waals surface area contributed by atoms with Gasteiger partial charge < -0.3 is 10.9 Å². The van der Waals surface area contributed by atoms with Gasteiger partial charge in [0, 0.05) is 13.0 Å². The van der Waals surface area contributed by atoms with Crippen molar-refractivity contribution in [3.63, 3.8) is 0 Å². The van der Waals surface area contributed by atoms with Gasteiger partial charge in [-0.2, -0.15) is 0 Å². The molecule has 0 amide bonds. The zero-order valence-corrected chi connectivity index (χ0v) is 11.9. The van der Waals surface area contributed by atoms with E-state index in [1.807, 2.05) is 13.8 Å². The summed E-state index contributed by atoms with van der Waals surface area (Å²) in [4.78, 5) is 0.249. The third kappa shape index (κ3) is 4.53. The molecule has 1 rings (SSSR count). The lowest BCUT2D eigenvalue weighted by molar-refractivity contribution is 0.316. The van der Waals surface area contributed by atoms with Gasteiger partial charge in [0.05, 0.1) is 4.90 Å². The van der Waals surface area contributed by atoms with Crippen molar-refractivity contribution in [2.24, 2.45) is 10.9 Å². The zero-order chi connectivity index (χ0) is 14.5. The first-order valence-corrected chi connectivity index (χ1v) is 7.38. The molecule has 0 aliphatic rings. The molecule has 1 aromatic carbocycles. The van der Waals surface area contributed by atoms with Crippen LogP contribution in [0.5, 0.6) is 0 Å². The Morgan fingerprint density at radius 3 is 2.63 bits per heavy atom. The monoisotopic (exact) mass is 285 g/mol. The zero-order valence-electron chi connectivity index (χ0n) is 11.0. The predicted molar refractivity (Wildman–Crippen MR) is 73.7 cm³/mol. The van der Waals surface area contributed by atoms with E-state index in [-0.39, 0.29) is 17.3 Å². The van der Waals surface area contributed by atoms with E-state index in [1.165, 1.54) is 0 Å². The van der Waals surface area contributed by atoms with Gasteiger partial charge in [-0.25, -0.2) is 13.1 Å². The van der Waals surface area contributed by atoms with E-state index in [1.54, 1.807) is 18.2 Å². The summed E-state index contributed by atoms with van der Waals surface area (Å²) in [6.07, 6.45) is 0.811.